The Labute approximate surface area is 139 Å². The quantitative estimate of drug-likeness (QED) is 0.551. The zero-order valence-corrected chi connectivity index (χ0v) is 13.3. The first-order valence-corrected chi connectivity index (χ1v) is 7.88. The lowest BCUT2D eigenvalue weighted by atomic mass is 10.0. The van der Waals surface area contributed by atoms with Gasteiger partial charge in [-0.25, -0.2) is 0 Å². The van der Waals surface area contributed by atoms with Crippen molar-refractivity contribution in [1.29, 1.82) is 0 Å². The van der Waals surface area contributed by atoms with Gasteiger partial charge in [-0.1, -0.05) is 66.2 Å². The molecule has 0 spiro atoms. The minimum absolute atomic E-state index is 0.104. The van der Waals surface area contributed by atoms with Crippen LogP contribution in [0.5, 0.6) is 0 Å². The van der Waals surface area contributed by atoms with E-state index >= 15 is 0 Å². The monoisotopic (exact) mass is 312 g/mol. The molecule has 4 aromatic rings. The third kappa shape index (κ3) is 2.40. The Bertz CT molecular complexity index is 1060. The van der Waals surface area contributed by atoms with Gasteiger partial charge in [0.25, 0.3) is 5.56 Å². The summed E-state index contributed by atoms with van der Waals surface area (Å²) >= 11 is 0. The lowest BCUT2D eigenvalue weighted by molar-refractivity contribution is 0.826. The number of para-hydroxylation sites is 1. The average molecular weight is 312 g/mol. The molecule has 1 aromatic heterocycles. The summed E-state index contributed by atoms with van der Waals surface area (Å²) in [5.41, 5.74) is 3.67. The Morgan fingerprint density at radius 1 is 0.750 bits per heavy atom. The first-order chi connectivity index (χ1) is 11.7. The molecule has 0 bridgehead atoms. The smallest absolute Gasteiger partial charge is 0.267 e. The summed E-state index contributed by atoms with van der Waals surface area (Å²) in [6, 6.07) is 25.4. The zero-order chi connectivity index (χ0) is 16.5. The number of fused-ring (bicyclic) bond motifs is 1. The first-order valence-electron chi connectivity index (χ1n) is 7.88. The minimum atomic E-state index is -0.104. The Hall–Kier alpha value is -3.20. The maximum absolute atomic E-state index is 12.9. The molecule has 0 aliphatic carbocycles. The highest BCUT2D eigenvalue weighted by Crippen LogP contribution is 2.25. The number of nitrogens with zero attached hydrogens (tertiary/aromatic N) is 2. The highest BCUT2D eigenvalue weighted by atomic mass is 16.1. The standard InChI is InChI=1S/C21H16N2O/c1-15-11-13-16(14-12-15)20-18-9-5-6-10-19(18)21(24)23(22-20)17-7-3-2-4-8-17/h2-14H,1H3. The van der Waals surface area contributed by atoms with Crippen molar-refractivity contribution < 1.29 is 0 Å². The van der Waals surface area contributed by atoms with Gasteiger partial charge in [0.2, 0.25) is 0 Å². The number of aromatic nitrogens is 2. The summed E-state index contributed by atoms with van der Waals surface area (Å²) in [6.07, 6.45) is 0. The molecular weight excluding hydrogens is 296 g/mol. The van der Waals surface area contributed by atoms with Crippen molar-refractivity contribution in [3.8, 4) is 16.9 Å². The van der Waals surface area contributed by atoms with Gasteiger partial charge < -0.3 is 0 Å². The molecule has 0 aliphatic rings. The summed E-state index contributed by atoms with van der Waals surface area (Å²) in [4.78, 5) is 12.9. The van der Waals surface area contributed by atoms with Crippen molar-refractivity contribution in [3.05, 3.63) is 94.8 Å². The molecular formula is C21H16N2O. The molecule has 0 aliphatic heterocycles. The zero-order valence-electron chi connectivity index (χ0n) is 13.3. The van der Waals surface area contributed by atoms with E-state index in [1.807, 2.05) is 66.7 Å². The number of benzene rings is 3. The molecule has 0 saturated carbocycles. The second kappa shape index (κ2) is 5.78. The molecule has 0 N–H and O–H groups in total. The predicted molar refractivity (Wildman–Crippen MR) is 97.5 cm³/mol. The summed E-state index contributed by atoms with van der Waals surface area (Å²) in [5.74, 6) is 0. The normalized spacial score (nSPS) is 10.9. The topological polar surface area (TPSA) is 34.9 Å². The molecule has 116 valence electrons. The van der Waals surface area contributed by atoms with Crippen molar-refractivity contribution >= 4 is 10.8 Å². The van der Waals surface area contributed by atoms with Crippen LogP contribution in [0, 0.1) is 6.92 Å². The molecule has 1 heterocycles. The van der Waals surface area contributed by atoms with Crippen LogP contribution in [0.3, 0.4) is 0 Å². The van der Waals surface area contributed by atoms with Gasteiger partial charge in [-0.3, -0.25) is 4.79 Å². The van der Waals surface area contributed by atoms with Gasteiger partial charge in [0.15, 0.2) is 0 Å². The van der Waals surface area contributed by atoms with Crippen molar-refractivity contribution in [3.63, 3.8) is 0 Å². The fraction of sp³-hybridized carbons (Fsp3) is 0.0476. The van der Waals surface area contributed by atoms with Crippen molar-refractivity contribution in [2.75, 3.05) is 0 Å². The Kier molecular flexibility index (Phi) is 3.47. The van der Waals surface area contributed by atoms with Crippen LogP contribution in [-0.4, -0.2) is 9.78 Å². The lowest BCUT2D eigenvalue weighted by Crippen LogP contribution is -2.22. The van der Waals surface area contributed by atoms with Crippen LogP contribution < -0.4 is 5.56 Å². The minimum Gasteiger partial charge on any atom is -0.267 e. The van der Waals surface area contributed by atoms with E-state index in [2.05, 4.69) is 24.2 Å². The predicted octanol–water partition coefficient (Wildman–Crippen LogP) is 4.36. The Balaban J connectivity index is 2.08. The van der Waals surface area contributed by atoms with Crippen LogP contribution in [0.4, 0.5) is 0 Å². The van der Waals surface area contributed by atoms with E-state index < -0.39 is 0 Å². The summed E-state index contributed by atoms with van der Waals surface area (Å²) in [7, 11) is 0. The Morgan fingerprint density at radius 2 is 1.38 bits per heavy atom. The number of hydrogen-bond acceptors (Lipinski definition) is 2. The lowest BCUT2D eigenvalue weighted by Gasteiger charge is -2.11. The van der Waals surface area contributed by atoms with E-state index in [-0.39, 0.29) is 5.56 Å². The van der Waals surface area contributed by atoms with E-state index in [4.69, 9.17) is 0 Å². The molecule has 3 aromatic carbocycles. The van der Waals surface area contributed by atoms with E-state index in [0.29, 0.717) is 5.39 Å². The van der Waals surface area contributed by atoms with Crippen LogP contribution in [0.1, 0.15) is 5.56 Å². The maximum atomic E-state index is 12.9. The van der Waals surface area contributed by atoms with Gasteiger partial charge in [0.1, 0.15) is 0 Å². The van der Waals surface area contributed by atoms with Crippen LogP contribution in [0.15, 0.2) is 83.7 Å². The van der Waals surface area contributed by atoms with Gasteiger partial charge in [-0.2, -0.15) is 9.78 Å². The fourth-order valence-electron chi connectivity index (χ4n) is 2.86. The van der Waals surface area contributed by atoms with E-state index in [1.54, 1.807) is 0 Å². The van der Waals surface area contributed by atoms with Crippen molar-refractivity contribution in [2.45, 2.75) is 6.92 Å². The van der Waals surface area contributed by atoms with Gasteiger partial charge in [-0.15, -0.1) is 0 Å². The van der Waals surface area contributed by atoms with Crippen molar-refractivity contribution in [1.82, 2.24) is 9.78 Å². The van der Waals surface area contributed by atoms with Gasteiger partial charge in [0.05, 0.1) is 16.8 Å². The maximum Gasteiger partial charge on any atom is 0.279 e. The summed E-state index contributed by atoms with van der Waals surface area (Å²) in [5, 5.41) is 6.22. The highest BCUT2D eigenvalue weighted by molar-refractivity contribution is 5.93. The second-order valence-electron chi connectivity index (χ2n) is 5.81. The first kappa shape index (κ1) is 14.4. The molecule has 4 rings (SSSR count). The van der Waals surface area contributed by atoms with Crippen LogP contribution in [0.25, 0.3) is 27.7 Å². The second-order valence-corrected chi connectivity index (χ2v) is 5.81. The van der Waals surface area contributed by atoms with Gasteiger partial charge in [0, 0.05) is 10.9 Å². The third-order valence-electron chi connectivity index (χ3n) is 4.13. The largest absolute Gasteiger partial charge is 0.279 e. The number of aryl methyl sites for hydroxylation is 1. The molecule has 3 nitrogen and oxygen atoms in total. The third-order valence-corrected chi connectivity index (χ3v) is 4.13. The average Bonchev–Trinajstić information content (AvgIpc) is 2.64. The molecule has 0 saturated heterocycles. The molecule has 24 heavy (non-hydrogen) atoms. The van der Waals surface area contributed by atoms with Crippen LogP contribution >= 0.6 is 0 Å². The van der Waals surface area contributed by atoms with E-state index in [0.717, 1.165) is 22.3 Å². The van der Waals surface area contributed by atoms with E-state index in [9.17, 15) is 4.79 Å². The van der Waals surface area contributed by atoms with Crippen LogP contribution in [-0.2, 0) is 0 Å². The van der Waals surface area contributed by atoms with Gasteiger partial charge >= 0.3 is 0 Å². The van der Waals surface area contributed by atoms with E-state index in [1.165, 1.54) is 10.2 Å². The summed E-state index contributed by atoms with van der Waals surface area (Å²) in [6.45, 7) is 2.06. The van der Waals surface area contributed by atoms with Crippen molar-refractivity contribution in [2.24, 2.45) is 0 Å². The number of rotatable bonds is 2. The molecule has 3 heteroatoms. The molecule has 0 unspecified atom stereocenters. The SMILES string of the molecule is Cc1ccc(-c2nn(-c3ccccc3)c(=O)c3ccccc23)cc1. The van der Waals surface area contributed by atoms with Gasteiger partial charge in [-0.05, 0) is 25.1 Å². The molecule has 0 atom stereocenters. The Morgan fingerprint density at radius 3 is 2.08 bits per heavy atom. The fourth-order valence-corrected chi connectivity index (χ4v) is 2.86. The summed E-state index contributed by atoms with van der Waals surface area (Å²) < 4.78 is 1.48. The highest BCUT2D eigenvalue weighted by Gasteiger charge is 2.12. The molecule has 0 amide bonds. The molecule has 0 radical (unpaired) electrons. The molecule has 0 fully saturated rings. The van der Waals surface area contributed by atoms with Crippen LogP contribution in [0.2, 0.25) is 0 Å². The number of hydrogen-bond donors (Lipinski definition) is 0.